The van der Waals surface area contributed by atoms with Crippen molar-refractivity contribution < 1.29 is 28.5 Å². The van der Waals surface area contributed by atoms with E-state index in [2.05, 4.69) is 4.90 Å². The van der Waals surface area contributed by atoms with Crippen LogP contribution in [0.1, 0.15) is 0 Å². The molecule has 0 amide bonds. The molecule has 0 radical (unpaired) electrons. The van der Waals surface area contributed by atoms with E-state index in [-0.39, 0.29) is 13.2 Å². The lowest BCUT2D eigenvalue weighted by Gasteiger charge is -2.16. The van der Waals surface area contributed by atoms with Gasteiger partial charge in [0.15, 0.2) is 0 Å². The van der Waals surface area contributed by atoms with E-state index in [1.54, 1.807) is 9.13 Å². The first kappa shape index (κ1) is 29.4. The highest BCUT2D eigenvalue weighted by atomic mass is 16.6. The van der Waals surface area contributed by atoms with Crippen LogP contribution >= 0.6 is 0 Å². The molecule has 2 heterocycles. The Morgan fingerprint density at radius 1 is 0.500 bits per heavy atom. The minimum Gasteiger partial charge on any atom is -0.446 e. The van der Waals surface area contributed by atoms with Gasteiger partial charge in [-0.15, -0.1) is 0 Å². The number of likely N-dealkylation sites (N-methyl/N-ethyl adjacent to an activating group) is 1. The summed E-state index contributed by atoms with van der Waals surface area (Å²) in [5.41, 5.74) is 3.30. The van der Waals surface area contributed by atoms with Crippen molar-refractivity contribution in [1.82, 2.24) is 14.0 Å². The fourth-order valence-corrected chi connectivity index (χ4v) is 5.50. The lowest BCUT2D eigenvalue weighted by molar-refractivity contribution is 0.0482. The molecule has 0 aliphatic heterocycles. The molecule has 0 fully saturated rings. The minimum absolute atomic E-state index is 0.166. The predicted octanol–water partition coefficient (Wildman–Crippen LogP) is 6.54. The Bertz CT molecular complexity index is 1660. The third-order valence-corrected chi connectivity index (χ3v) is 7.67. The molecule has 6 rings (SSSR count). The Labute approximate surface area is 255 Å². The summed E-state index contributed by atoms with van der Waals surface area (Å²) in [7, 11) is 1.98. The second-order valence-corrected chi connectivity index (χ2v) is 10.5. The van der Waals surface area contributed by atoms with Gasteiger partial charge < -0.3 is 23.8 Å². The predicted molar refractivity (Wildman–Crippen MR) is 172 cm³/mol. The second kappa shape index (κ2) is 13.7. The van der Waals surface area contributed by atoms with E-state index in [1.165, 1.54) is 0 Å². The molecule has 0 atom stereocenters. The smallest absolute Gasteiger partial charge is 0.419 e. The molecule has 4 aromatic carbocycles. The molecule has 6 aromatic rings. The van der Waals surface area contributed by atoms with Crippen LogP contribution in [0.25, 0.3) is 43.6 Å². The first-order valence-corrected chi connectivity index (χ1v) is 14.8. The van der Waals surface area contributed by atoms with Crippen LogP contribution < -0.4 is 0 Å². The normalized spacial score (nSPS) is 11.7. The summed E-state index contributed by atoms with van der Waals surface area (Å²) < 4.78 is 25.6. The fraction of sp³-hybridized carbons (Fsp3) is 0.257. The third-order valence-electron chi connectivity index (χ3n) is 7.67. The number of para-hydroxylation sites is 4. The van der Waals surface area contributed by atoms with Gasteiger partial charge >= 0.3 is 12.2 Å². The summed E-state index contributed by atoms with van der Waals surface area (Å²) in [6, 6.07) is 31.2. The zero-order valence-corrected chi connectivity index (χ0v) is 24.7. The summed E-state index contributed by atoms with van der Waals surface area (Å²) in [5.74, 6) is 0. The maximum Gasteiger partial charge on any atom is 0.419 e. The lowest BCUT2D eigenvalue weighted by atomic mass is 10.2. The largest absolute Gasteiger partial charge is 0.446 e. The van der Waals surface area contributed by atoms with Crippen LogP contribution in [-0.4, -0.2) is 86.0 Å². The Balaban J connectivity index is 0.859. The number of nitrogens with zero attached hydrogens (tertiary/aromatic N) is 3. The maximum absolute atomic E-state index is 12.9. The minimum atomic E-state index is -0.416. The number of rotatable bonds is 12. The molecular weight excluding hydrogens is 558 g/mol. The number of ether oxygens (including phenoxy) is 4. The molecule has 226 valence electrons. The Morgan fingerprint density at radius 2 is 0.818 bits per heavy atom. The second-order valence-electron chi connectivity index (χ2n) is 10.5. The van der Waals surface area contributed by atoms with Gasteiger partial charge in [0.25, 0.3) is 0 Å². The van der Waals surface area contributed by atoms with Crippen LogP contribution in [-0.2, 0) is 18.9 Å². The quantitative estimate of drug-likeness (QED) is 0.149. The van der Waals surface area contributed by atoms with Gasteiger partial charge in [-0.2, -0.15) is 0 Å². The number of carbonyl (C=O) groups is 2. The molecule has 0 saturated carbocycles. The maximum atomic E-state index is 12.9. The number of hydrogen-bond acceptors (Lipinski definition) is 7. The highest BCUT2D eigenvalue weighted by molar-refractivity contribution is 6.13. The average Bonchev–Trinajstić information content (AvgIpc) is 3.57. The van der Waals surface area contributed by atoms with E-state index in [0.717, 1.165) is 43.6 Å². The molecule has 9 nitrogen and oxygen atoms in total. The zero-order chi connectivity index (χ0) is 30.3. The summed E-state index contributed by atoms with van der Waals surface area (Å²) in [6.07, 6.45) is -0.831. The first-order chi connectivity index (χ1) is 21.6. The molecule has 9 heteroatoms. The number of benzene rings is 4. The van der Waals surface area contributed by atoms with E-state index >= 15 is 0 Å². The number of fused-ring (bicyclic) bond motifs is 6. The van der Waals surface area contributed by atoms with E-state index in [0.29, 0.717) is 39.5 Å². The molecule has 0 spiro atoms. The molecule has 2 aromatic heterocycles. The van der Waals surface area contributed by atoms with Crippen molar-refractivity contribution in [2.45, 2.75) is 0 Å². The van der Waals surface area contributed by atoms with Crippen LogP contribution in [0, 0.1) is 0 Å². The monoisotopic (exact) mass is 593 g/mol. The third kappa shape index (κ3) is 6.16. The van der Waals surface area contributed by atoms with Crippen LogP contribution in [0.2, 0.25) is 0 Å². The van der Waals surface area contributed by atoms with E-state index < -0.39 is 12.2 Å². The molecule has 44 heavy (non-hydrogen) atoms. The molecule has 0 N–H and O–H groups in total. The van der Waals surface area contributed by atoms with Crippen LogP contribution in [0.5, 0.6) is 0 Å². The van der Waals surface area contributed by atoms with Crippen molar-refractivity contribution in [3.63, 3.8) is 0 Å². The van der Waals surface area contributed by atoms with Crippen LogP contribution in [0.3, 0.4) is 0 Å². The zero-order valence-electron chi connectivity index (χ0n) is 24.7. The fourth-order valence-electron chi connectivity index (χ4n) is 5.50. The van der Waals surface area contributed by atoms with Gasteiger partial charge in [-0.1, -0.05) is 72.8 Å². The van der Waals surface area contributed by atoms with Gasteiger partial charge in [0.05, 0.1) is 48.5 Å². The van der Waals surface area contributed by atoms with Crippen molar-refractivity contribution in [2.24, 2.45) is 0 Å². The van der Waals surface area contributed by atoms with Crippen molar-refractivity contribution >= 4 is 55.8 Å². The Morgan fingerprint density at radius 3 is 1.16 bits per heavy atom. The number of aromatic nitrogens is 2. The summed E-state index contributed by atoms with van der Waals surface area (Å²) in [6.45, 7) is 3.36. The van der Waals surface area contributed by atoms with Gasteiger partial charge in [0.1, 0.15) is 13.2 Å². The van der Waals surface area contributed by atoms with E-state index in [1.807, 2.05) is 104 Å². The van der Waals surface area contributed by atoms with Gasteiger partial charge in [-0.3, -0.25) is 0 Å². The lowest BCUT2D eigenvalue weighted by Crippen LogP contribution is -2.28. The van der Waals surface area contributed by atoms with Crippen LogP contribution in [0.15, 0.2) is 97.1 Å². The molecule has 0 bridgehead atoms. The highest BCUT2D eigenvalue weighted by Gasteiger charge is 2.17. The van der Waals surface area contributed by atoms with Crippen molar-refractivity contribution in [3.8, 4) is 0 Å². The van der Waals surface area contributed by atoms with Crippen molar-refractivity contribution in [2.75, 3.05) is 59.8 Å². The van der Waals surface area contributed by atoms with Gasteiger partial charge in [-0.05, 0) is 31.3 Å². The molecule has 0 saturated heterocycles. The summed E-state index contributed by atoms with van der Waals surface area (Å²) in [4.78, 5) is 27.9. The first-order valence-electron chi connectivity index (χ1n) is 14.8. The average molecular weight is 594 g/mol. The van der Waals surface area contributed by atoms with E-state index in [9.17, 15) is 9.59 Å². The molecule has 0 aliphatic carbocycles. The topological polar surface area (TPSA) is 84.2 Å². The number of carbonyl (C=O) groups excluding carboxylic acids is 2. The van der Waals surface area contributed by atoms with Gasteiger partial charge in [0, 0.05) is 34.6 Å². The molecule has 0 unspecified atom stereocenters. The van der Waals surface area contributed by atoms with Gasteiger partial charge in [-0.25, -0.2) is 18.7 Å². The van der Waals surface area contributed by atoms with Crippen LogP contribution in [0.4, 0.5) is 9.59 Å². The van der Waals surface area contributed by atoms with E-state index in [4.69, 9.17) is 18.9 Å². The van der Waals surface area contributed by atoms with Gasteiger partial charge in [0.2, 0.25) is 0 Å². The molecule has 0 aliphatic rings. The molecular formula is C35H35N3O6. The summed E-state index contributed by atoms with van der Waals surface area (Å²) >= 11 is 0. The Hall–Kier alpha value is -4.70. The highest BCUT2D eigenvalue weighted by Crippen LogP contribution is 2.30. The standard InChI is InChI=1S/C35H35N3O6/c1-36(18-20-41-22-24-43-34(39)37-30-14-6-2-10-26(30)27-11-3-7-15-31(27)37)19-21-42-23-25-44-35(40)38-32-16-8-4-12-28(32)29-13-5-9-17-33(29)38/h2-17H,18-25H2,1H3. The Kier molecular flexibility index (Phi) is 9.17. The SMILES string of the molecule is CN(CCOCCOC(=O)n1c2ccccc2c2ccccc21)CCOCCOC(=O)n1c2ccccc2c2ccccc21. The van der Waals surface area contributed by atoms with Crippen molar-refractivity contribution in [3.05, 3.63) is 97.1 Å². The number of hydrogen-bond donors (Lipinski definition) is 0. The summed E-state index contributed by atoms with van der Waals surface area (Å²) in [5, 5.41) is 4.07. The van der Waals surface area contributed by atoms with Crippen molar-refractivity contribution in [1.29, 1.82) is 0 Å².